The number of primary amides is 1. The zero-order valence-corrected chi connectivity index (χ0v) is 14.5. The lowest BCUT2D eigenvalue weighted by molar-refractivity contribution is 0.100. The van der Waals surface area contributed by atoms with E-state index >= 15 is 0 Å². The third-order valence-electron chi connectivity index (χ3n) is 4.05. The number of nitrogens with zero attached hydrogens (tertiary/aromatic N) is 3. The number of carbonyl (C=O) groups excluding carboxylic acids is 1. The molecule has 23 heavy (non-hydrogen) atoms. The summed E-state index contributed by atoms with van der Waals surface area (Å²) in [6.45, 7) is 0. The second-order valence-corrected chi connectivity index (χ2v) is 7.16. The maximum atomic E-state index is 11.4. The summed E-state index contributed by atoms with van der Waals surface area (Å²) in [7, 11) is 1.90. The average molecular weight is 351 g/mol. The van der Waals surface area contributed by atoms with Gasteiger partial charge in [0.05, 0.1) is 16.6 Å². The highest BCUT2D eigenvalue weighted by atomic mass is 35.5. The Hall–Kier alpha value is -1.66. The zero-order valence-electron chi connectivity index (χ0n) is 13.0. The van der Waals surface area contributed by atoms with Crippen molar-refractivity contribution in [3.8, 4) is 10.6 Å². The largest absolute Gasteiger partial charge is 0.366 e. The Morgan fingerprint density at radius 3 is 2.83 bits per heavy atom. The van der Waals surface area contributed by atoms with Crippen molar-refractivity contribution >= 4 is 28.8 Å². The van der Waals surface area contributed by atoms with Crippen LogP contribution in [0.3, 0.4) is 0 Å². The minimum atomic E-state index is -0.537. The number of hydrogen-bond acceptors (Lipinski definition) is 4. The predicted molar refractivity (Wildman–Crippen MR) is 92.5 cm³/mol. The van der Waals surface area contributed by atoms with Crippen LogP contribution in [0.25, 0.3) is 10.6 Å². The molecule has 5 nitrogen and oxygen atoms in total. The number of amides is 1. The number of halogens is 1. The predicted octanol–water partition coefficient (Wildman–Crippen LogP) is 3.13. The lowest BCUT2D eigenvalue weighted by atomic mass is 9.96. The summed E-state index contributed by atoms with van der Waals surface area (Å²) in [6, 6.07) is 5.61. The summed E-state index contributed by atoms with van der Waals surface area (Å²) < 4.78 is 1.80. The van der Waals surface area contributed by atoms with Gasteiger partial charge in [0.25, 0.3) is 0 Å². The molecule has 1 aliphatic carbocycles. The summed E-state index contributed by atoms with van der Waals surface area (Å²) >= 11 is 7.52. The first-order chi connectivity index (χ1) is 11.0. The fraction of sp³-hybridized carbons (Fsp3) is 0.438. The van der Waals surface area contributed by atoms with Crippen LogP contribution in [0, 0.1) is 0 Å². The van der Waals surface area contributed by atoms with Crippen molar-refractivity contribution in [2.45, 2.75) is 38.1 Å². The number of aryl methyl sites for hydroxylation is 1. The standard InChI is InChI=1S/C16H19ClN4OS/c1-21-16(19-11-5-3-2-4-6-11)23-15(20-21)10-7-8-13(17)12(9-10)14(18)22/h7-9,11H,2-6H2,1H3,(H2,18,22). The highest BCUT2D eigenvalue weighted by Gasteiger charge is 2.14. The molecule has 1 aliphatic rings. The van der Waals surface area contributed by atoms with E-state index in [9.17, 15) is 4.79 Å². The van der Waals surface area contributed by atoms with Gasteiger partial charge in [-0.2, -0.15) is 5.10 Å². The molecule has 0 aliphatic heterocycles. The Labute approximate surface area is 143 Å². The molecule has 1 amide bonds. The topological polar surface area (TPSA) is 73.3 Å². The van der Waals surface area contributed by atoms with Crippen molar-refractivity contribution in [2.75, 3.05) is 0 Å². The van der Waals surface area contributed by atoms with Crippen LogP contribution < -0.4 is 10.5 Å². The van der Waals surface area contributed by atoms with Crippen LogP contribution in [-0.4, -0.2) is 21.7 Å². The van der Waals surface area contributed by atoms with E-state index in [0.717, 1.165) is 28.2 Å². The smallest absolute Gasteiger partial charge is 0.250 e. The van der Waals surface area contributed by atoms with Crippen molar-refractivity contribution in [1.82, 2.24) is 9.78 Å². The zero-order chi connectivity index (χ0) is 16.4. The second kappa shape index (κ2) is 6.84. The van der Waals surface area contributed by atoms with Gasteiger partial charge in [0.1, 0.15) is 5.01 Å². The van der Waals surface area contributed by atoms with Gasteiger partial charge in [0.15, 0.2) is 0 Å². The number of aromatic nitrogens is 2. The number of rotatable bonds is 3. The van der Waals surface area contributed by atoms with E-state index in [2.05, 4.69) is 5.10 Å². The van der Waals surface area contributed by atoms with Crippen molar-refractivity contribution in [2.24, 2.45) is 17.8 Å². The van der Waals surface area contributed by atoms with Crippen LogP contribution in [-0.2, 0) is 7.05 Å². The van der Waals surface area contributed by atoms with E-state index in [1.165, 1.54) is 30.6 Å². The van der Waals surface area contributed by atoms with E-state index in [0.29, 0.717) is 16.6 Å². The number of carbonyl (C=O) groups is 1. The van der Waals surface area contributed by atoms with Gasteiger partial charge in [-0.15, -0.1) is 0 Å². The molecule has 0 unspecified atom stereocenters. The van der Waals surface area contributed by atoms with Crippen LogP contribution >= 0.6 is 22.9 Å². The van der Waals surface area contributed by atoms with E-state index < -0.39 is 5.91 Å². The molecule has 1 aromatic carbocycles. The molecule has 7 heteroatoms. The van der Waals surface area contributed by atoms with Gasteiger partial charge in [-0.25, -0.2) is 4.68 Å². The van der Waals surface area contributed by atoms with Crippen LogP contribution in [0.2, 0.25) is 5.02 Å². The molecule has 0 spiro atoms. The first-order valence-corrected chi connectivity index (χ1v) is 8.92. The summed E-state index contributed by atoms with van der Waals surface area (Å²) in [5.74, 6) is -0.537. The molecule has 1 saturated carbocycles. The quantitative estimate of drug-likeness (QED) is 0.923. The van der Waals surface area contributed by atoms with Gasteiger partial charge in [-0.05, 0) is 25.0 Å². The van der Waals surface area contributed by atoms with Crippen LogP contribution in [0.15, 0.2) is 23.2 Å². The van der Waals surface area contributed by atoms with Gasteiger partial charge in [-0.1, -0.05) is 48.3 Å². The molecule has 0 saturated heterocycles. The van der Waals surface area contributed by atoms with Crippen molar-refractivity contribution in [1.29, 1.82) is 0 Å². The summed E-state index contributed by atoms with van der Waals surface area (Å²) in [4.78, 5) is 17.2. The van der Waals surface area contributed by atoms with Gasteiger partial charge < -0.3 is 5.73 Å². The SMILES string of the molecule is Cn1nc(-c2ccc(Cl)c(C(N)=O)c2)sc1=NC1CCCCC1. The van der Waals surface area contributed by atoms with Gasteiger partial charge >= 0.3 is 0 Å². The van der Waals surface area contributed by atoms with Crippen molar-refractivity contribution in [3.63, 3.8) is 0 Å². The Morgan fingerprint density at radius 2 is 2.13 bits per heavy atom. The van der Waals surface area contributed by atoms with Crippen LogP contribution in [0.5, 0.6) is 0 Å². The number of hydrogen-bond donors (Lipinski definition) is 1. The monoisotopic (exact) mass is 350 g/mol. The molecule has 1 aromatic heterocycles. The molecular formula is C16H19ClN4OS. The third kappa shape index (κ3) is 3.64. The normalized spacial score (nSPS) is 16.7. The molecule has 2 aromatic rings. The van der Waals surface area contributed by atoms with Gasteiger partial charge in [0, 0.05) is 12.6 Å². The minimum Gasteiger partial charge on any atom is -0.366 e. The second-order valence-electron chi connectivity index (χ2n) is 5.79. The molecule has 0 radical (unpaired) electrons. The first-order valence-electron chi connectivity index (χ1n) is 7.72. The van der Waals surface area contributed by atoms with E-state index in [1.807, 2.05) is 13.1 Å². The number of nitrogens with two attached hydrogens (primary N) is 1. The fourth-order valence-electron chi connectivity index (χ4n) is 2.79. The molecule has 0 bridgehead atoms. The molecule has 1 heterocycles. The molecule has 0 atom stereocenters. The Bertz CT molecular complexity index is 790. The summed E-state index contributed by atoms with van der Waals surface area (Å²) in [5, 5.41) is 5.69. The first kappa shape index (κ1) is 16.2. The van der Waals surface area contributed by atoms with Gasteiger partial charge in [-0.3, -0.25) is 9.79 Å². The highest BCUT2D eigenvalue weighted by Crippen LogP contribution is 2.25. The number of benzene rings is 1. The van der Waals surface area contributed by atoms with Gasteiger partial charge in [0.2, 0.25) is 10.7 Å². The minimum absolute atomic E-state index is 0.313. The maximum Gasteiger partial charge on any atom is 0.250 e. The van der Waals surface area contributed by atoms with Crippen molar-refractivity contribution < 1.29 is 4.79 Å². The lowest BCUT2D eigenvalue weighted by Gasteiger charge is -2.16. The molecule has 122 valence electrons. The molecule has 3 rings (SSSR count). The van der Waals surface area contributed by atoms with Crippen LogP contribution in [0.1, 0.15) is 42.5 Å². The fourth-order valence-corrected chi connectivity index (χ4v) is 3.96. The van der Waals surface area contributed by atoms with Crippen molar-refractivity contribution in [3.05, 3.63) is 33.6 Å². The Morgan fingerprint density at radius 1 is 1.39 bits per heavy atom. The highest BCUT2D eigenvalue weighted by molar-refractivity contribution is 7.12. The molecule has 2 N–H and O–H groups in total. The Balaban J connectivity index is 1.96. The Kier molecular flexibility index (Phi) is 4.82. The third-order valence-corrected chi connectivity index (χ3v) is 5.44. The van der Waals surface area contributed by atoms with E-state index in [4.69, 9.17) is 22.3 Å². The maximum absolute atomic E-state index is 11.4. The van der Waals surface area contributed by atoms with Crippen LogP contribution in [0.4, 0.5) is 0 Å². The van der Waals surface area contributed by atoms with E-state index in [-0.39, 0.29) is 0 Å². The molecular weight excluding hydrogens is 332 g/mol. The summed E-state index contributed by atoms with van der Waals surface area (Å²) in [6.07, 6.45) is 6.12. The average Bonchev–Trinajstić information content (AvgIpc) is 2.89. The van der Waals surface area contributed by atoms with E-state index in [1.54, 1.807) is 16.8 Å². The summed E-state index contributed by atoms with van der Waals surface area (Å²) in [5.41, 5.74) is 6.50. The lowest BCUT2D eigenvalue weighted by Crippen LogP contribution is -2.18. The molecule has 1 fully saturated rings.